The maximum Gasteiger partial charge on any atom is 0.224 e. The first kappa shape index (κ1) is 8.84. The van der Waals surface area contributed by atoms with Crippen molar-refractivity contribution < 1.29 is 0 Å². The summed E-state index contributed by atoms with van der Waals surface area (Å²) in [6.45, 7) is 1.89. The number of nitrogens with two attached hydrogens (primary N) is 1. The first-order valence-electron chi connectivity index (χ1n) is 4.72. The summed E-state index contributed by atoms with van der Waals surface area (Å²) in [4.78, 5) is 12.4. The number of nitrogens with zero attached hydrogens (tertiary/aromatic N) is 5. The van der Waals surface area contributed by atoms with E-state index in [1.807, 2.05) is 17.7 Å². The fraction of sp³-hybridized carbons (Fsp3) is 0.111. The van der Waals surface area contributed by atoms with E-state index in [4.69, 9.17) is 5.73 Å². The molecule has 3 N–H and O–H groups in total. The lowest BCUT2D eigenvalue weighted by atomic mass is 10.4. The van der Waals surface area contributed by atoms with Crippen LogP contribution >= 0.6 is 0 Å². The molecule has 0 bridgehead atoms. The monoisotopic (exact) mass is 215 g/mol. The first-order chi connectivity index (χ1) is 7.75. The minimum Gasteiger partial charge on any atom is -0.368 e. The summed E-state index contributed by atoms with van der Waals surface area (Å²) in [5.41, 5.74) is 6.26. The molecule has 0 saturated heterocycles. The minimum absolute atomic E-state index is 0.208. The summed E-state index contributed by atoms with van der Waals surface area (Å²) >= 11 is 0. The van der Waals surface area contributed by atoms with E-state index in [0.29, 0.717) is 11.5 Å². The third-order valence-corrected chi connectivity index (χ3v) is 2.36. The fourth-order valence-corrected chi connectivity index (χ4v) is 1.62. The SMILES string of the molecule is Cc1nccn1-c1nc(N)nc2[nH]ncc12. The molecule has 3 aromatic rings. The van der Waals surface area contributed by atoms with Crippen molar-refractivity contribution in [1.82, 2.24) is 29.7 Å². The molecule has 0 aliphatic carbocycles. The van der Waals surface area contributed by atoms with Gasteiger partial charge in [-0.1, -0.05) is 0 Å². The van der Waals surface area contributed by atoms with Gasteiger partial charge in [-0.25, -0.2) is 4.98 Å². The van der Waals surface area contributed by atoms with E-state index < -0.39 is 0 Å². The lowest BCUT2D eigenvalue weighted by Crippen LogP contribution is -2.04. The molecule has 3 aromatic heterocycles. The Kier molecular flexibility index (Phi) is 1.67. The molecule has 7 heteroatoms. The molecule has 80 valence electrons. The topological polar surface area (TPSA) is 98.3 Å². The summed E-state index contributed by atoms with van der Waals surface area (Å²) in [5.74, 6) is 1.73. The second-order valence-corrected chi connectivity index (χ2v) is 3.38. The predicted molar refractivity (Wildman–Crippen MR) is 58.0 cm³/mol. The van der Waals surface area contributed by atoms with E-state index >= 15 is 0 Å². The number of H-pyrrole nitrogens is 1. The van der Waals surface area contributed by atoms with Gasteiger partial charge in [-0.05, 0) is 6.92 Å². The Balaban J connectivity index is 2.38. The largest absolute Gasteiger partial charge is 0.368 e. The molecule has 0 spiro atoms. The number of aromatic nitrogens is 6. The summed E-state index contributed by atoms with van der Waals surface area (Å²) in [6, 6.07) is 0. The van der Waals surface area contributed by atoms with Crippen LogP contribution in [0.1, 0.15) is 5.82 Å². The number of rotatable bonds is 1. The van der Waals surface area contributed by atoms with E-state index in [1.165, 1.54) is 0 Å². The van der Waals surface area contributed by atoms with Gasteiger partial charge in [0.25, 0.3) is 0 Å². The van der Waals surface area contributed by atoms with Crippen LogP contribution < -0.4 is 5.73 Å². The number of hydrogen-bond acceptors (Lipinski definition) is 5. The average Bonchev–Trinajstić information content (AvgIpc) is 2.84. The molecule has 16 heavy (non-hydrogen) atoms. The zero-order chi connectivity index (χ0) is 11.1. The third-order valence-electron chi connectivity index (χ3n) is 2.36. The van der Waals surface area contributed by atoms with Crippen molar-refractivity contribution in [2.24, 2.45) is 0 Å². The van der Waals surface area contributed by atoms with Crippen LogP contribution in [0.15, 0.2) is 18.6 Å². The number of aromatic amines is 1. The van der Waals surface area contributed by atoms with Crippen molar-refractivity contribution >= 4 is 17.0 Å². The molecule has 0 atom stereocenters. The molecule has 3 rings (SSSR count). The molecule has 0 amide bonds. The lowest BCUT2D eigenvalue weighted by Gasteiger charge is -2.05. The Morgan fingerprint density at radius 1 is 1.38 bits per heavy atom. The van der Waals surface area contributed by atoms with Gasteiger partial charge in [0.15, 0.2) is 11.5 Å². The van der Waals surface area contributed by atoms with Gasteiger partial charge in [0.2, 0.25) is 5.95 Å². The van der Waals surface area contributed by atoms with Crippen LogP contribution in [0.4, 0.5) is 5.95 Å². The van der Waals surface area contributed by atoms with Gasteiger partial charge in [-0.3, -0.25) is 9.67 Å². The van der Waals surface area contributed by atoms with Crippen molar-refractivity contribution in [2.75, 3.05) is 5.73 Å². The van der Waals surface area contributed by atoms with Crippen LogP contribution in [-0.4, -0.2) is 29.7 Å². The molecule has 0 aromatic carbocycles. The number of anilines is 1. The zero-order valence-electron chi connectivity index (χ0n) is 8.55. The highest BCUT2D eigenvalue weighted by Gasteiger charge is 2.10. The molecule has 7 nitrogen and oxygen atoms in total. The highest BCUT2D eigenvalue weighted by Crippen LogP contribution is 2.18. The van der Waals surface area contributed by atoms with E-state index in [-0.39, 0.29) is 5.95 Å². The number of fused-ring (bicyclic) bond motifs is 1. The molecule has 0 aliphatic heterocycles. The Morgan fingerprint density at radius 2 is 2.25 bits per heavy atom. The first-order valence-corrected chi connectivity index (χ1v) is 4.72. The van der Waals surface area contributed by atoms with Crippen LogP contribution in [0, 0.1) is 6.92 Å². The standard InChI is InChI=1S/C9H9N7/c1-5-11-2-3-16(5)8-6-4-12-15-7(6)13-9(10)14-8/h2-4H,1H3,(H3,10,12,13,14,15). The maximum absolute atomic E-state index is 5.64. The molecule has 3 heterocycles. The van der Waals surface area contributed by atoms with Crippen molar-refractivity contribution in [2.45, 2.75) is 6.92 Å². The Morgan fingerprint density at radius 3 is 3.00 bits per heavy atom. The van der Waals surface area contributed by atoms with Crippen molar-refractivity contribution in [1.29, 1.82) is 0 Å². The van der Waals surface area contributed by atoms with Crippen molar-refractivity contribution in [3.63, 3.8) is 0 Å². The average molecular weight is 215 g/mol. The molecule has 0 aliphatic rings. The van der Waals surface area contributed by atoms with Gasteiger partial charge in [0.1, 0.15) is 5.82 Å². The Labute approximate surface area is 90.4 Å². The highest BCUT2D eigenvalue weighted by atomic mass is 15.2. The second kappa shape index (κ2) is 3.02. The van der Waals surface area contributed by atoms with Crippen molar-refractivity contribution in [3.05, 3.63) is 24.4 Å². The molecule has 0 saturated carbocycles. The summed E-state index contributed by atoms with van der Waals surface area (Å²) in [5, 5.41) is 7.51. The minimum atomic E-state index is 0.208. The molecular formula is C9H9N7. The Bertz CT molecular complexity index is 651. The number of hydrogen-bond donors (Lipinski definition) is 2. The molecule has 0 fully saturated rings. The molecule has 0 radical (unpaired) electrons. The summed E-state index contributed by atoms with van der Waals surface area (Å²) in [7, 11) is 0. The van der Waals surface area contributed by atoms with E-state index in [1.54, 1.807) is 12.4 Å². The Hall–Kier alpha value is -2.44. The summed E-state index contributed by atoms with van der Waals surface area (Å²) < 4.78 is 1.84. The van der Waals surface area contributed by atoms with Gasteiger partial charge >= 0.3 is 0 Å². The van der Waals surface area contributed by atoms with Gasteiger partial charge in [-0.15, -0.1) is 0 Å². The van der Waals surface area contributed by atoms with Gasteiger partial charge < -0.3 is 5.73 Å². The number of nitrogens with one attached hydrogen (secondary N) is 1. The van der Waals surface area contributed by atoms with Crippen LogP contribution in [0.2, 0.25) is 0 Å². The van der Waals surface area contributed by atoms with E-state index in [0.717, 1.165) is 11.2 Å². The highest BCUT2D eigenvalue weighted by molar-refractivity contribution is 5.82. The summed E-state index contributed by atoms with van der Waals surface area (Å²) in [6.07, 6.45) is 5.20. The second-order valence-electron chi connectivity index (χ2n) is 3.38. The van der Waals surface area contributed by atoms with Crippen LogP contribution in [0.25, 0.3) is 16.9 Å². The quantitative estimate of drug-likeness (QED) is 0.613. The maximum atomic E-state index is 5.64. The van der Waals surface area contributed by atoms with E-state index in [9.17, 15) is 0 Å². The van der Waals surface area contributed by atoms with Crippen LogP contribution in [-0.2, 0) is 0 Å². The van der Waals surface area contributed by atoms with Gasteiger partial charge in [0, 0.05) is 12.4 Å². The van der Waals surface area contributed by atoms with Crippen LogP contribution in [0.3, 0.4) is 0 Å². The van der Waals surface area contributed by atoms with E-state index in [2.05, 4.69) is 25.1 Å². The smallest absolute Gasteiger partial charge is 0.224 e. The normalized spacial score (nSPS) is 11.1. The molecule has 0 unspecified atom stereocenters. The third kappa shape index (κ3) is 1.14. The number of aryl methyl sites for hydroxylation is 1. The van der Waals surface area contributed by atoms with Crippen LogP contribution in [0.5, 0.6) is 0 Å². The van der Waals surface area contributed by atoms with Gasteiger partial charge in [-0.2, -0.15) is 15.1 Å². The molecular weight excluding hydrogens is 206 g/mol. The zero-order valence-corrected chi connectivity index (χ0v) is 8.55. The van der Waals surface area contributed by atoms with Crippen molar-refractivity contribution in [3.8, 4) is 5.82 Å². The van der Waals surface area contributed by atoms with Gasteiger partial charge in [0.05, 0.1) is 11.6 Å². The number of imidazole rings is 1. The number of nitrogen functional groups attached to an aromatic ring is 1. The fourth-order valence-electron chi connectivity index (χ4n) is 1.62. The predicted octanol–water partition coefficient (Wildman–Crippen LogP) is 0.429. The lowest BCUT2D eigenvalue weighted by molar-refractivity contribution is 0.939.